The monoisotopic (exact) mass is 192 g/mol. The van der Waals surface area contributed by atoms with Crippen molar-refractivity contribution in [3.05, 3.63) is 23.8 Å². The van der Waals surface area contributed by atoms with Crippen LogP contribution in [-0.2, 0) is 11.2 Å². The first-order chi connectivity index (χ1) is 6.81. The van der Waals surface area contributed by atoms with E-state index in [1.807, 2.05) is 18.2 Å². The molecule has 3 N–H and O–H groups in total. The van der Waals surface area contributed by atoms with Crippen molar-refractivity contribution in [3.63, 3.8) is 0 Å². The first kappa shape index (κ1) is 9.02. The Hall–Kier alpha value is -1.55. The number of ether oxygens (including phenoxy) is 1. The summed E-state index contributed by atoms with van der Waals surface area (Å²) in [5.74, 6) is 0.826. The SMILES string of the molecule is NCOc1cccc2c1CCC(=O)N2. The Kier molecular flexibility index (Phi) is 2.37. The fraction of sp³-hybridized carbons (Fsp3) is 0.300. The Morgan fingerprint density at radius 3 is 3.07 bits per heavy atom. The Bertz CT molecular complexity index is 363. The molecule has 0 aliphatic carbocycles. The van der Waals surface area contributed by atoms with Gasteiger partial charge in [0, 0.05) is 17.7 Å². The lowest BCUT2D eigenvalue weighted by atomic mass is 10.0. The van der Waals surface area contributed by atoms with Crippen LogP contribution in [0.2, 0.25) is 0 Å². The third kappa shape index (κ3) is 1.56. The maximum Gasteiger partial charge on any atom is 0.224 e. The van der Waals surface area contributed by atoms with Crippen molar-refractivity contribution in [3.8, 4) is 5.75 Å². The number of nitrogens with two attached hydrogens (primary N) is 1. The number of benzene rings is 1. The van der Waals surface area contributed by atoms with Gasteiger partial charge in [-0.2, -0.15) is 0 Å². The Balaban J connectivity index is 2.36. The van der Waals surface area contributed by atoms with Crippen LogP contribution in [0.25, 0.3) is 0 Å². The van der Waals surface area contributed by atoms with Crippen molar-refractivity contribution in [2.45, 2.75) is 12.8 Å². The number of carbonyl (C=O) groups is 1. The standard InChI is InChI=1S/C10H12N2O2/c11-6-14-9-3-1-2-8-7(9)4-5-10(13)12-8/h1-3H,4-6,11H2,(H,12,13). The summed E-state index contributed by atoms with van der Waals surface area (Å²) in [5.41, 5.74) is 7.19. The summed E-state index contributed by atoms with van der Waals surface area (Å²) in [7, 11) is 0. The van der Waals surface area contributed by atoms with Gasteiger partial charge in [0.1, 0.15) is 12.5 Å². The highest BCUT2D eigenvalue weighted by Crippen LogP contribution is 2.30. The third-order valence-electron chi connectivity index (χ3n) is 2.25. The topological polar surface area (TPSA) is 64.3 Å². The first-order valence-corrected chi connectivity index (χ1v) is 4.56. The number of rotatable bonds is 2. The Morgan fingerprint density at radius 1 is 1.43 bits per heavy atom. The van der Waals surface area contributed by atoms with Crippen LogP contribution < -0.4 is 15.8 Å². The molecule has 0 saturated carbocycles. The molecule has 1 aromatic carbocycles. The summed E-state index contributed by atoms with van der Waals surface area (Å²) >= 11 is 0. The van der Waals surface area contributed by atoms with Crippen LogP contribution in [0.15, 0.2) is 18.2 Å². The summed E-state index contributed by atoms with van der Waals surface area (Å²) in [6, 6.07) is 5.58. The molecule has 0 bridgehead atoms. The molecule has 4 nitrogen and oxygen atoms in total. The van der Waals surface area contributed by atoms with E-state index in [9.17, 15) is 4.79 Å². The van der Waals surface area contributed by atoms with Crippen LogP contribution in [-0.4, -0.2) is 12.6 Å². The zero-order valence-corrected chi connectivity index (χ0v) is 7.75. The number of nitrogens with one attached hydrogen (secondary N) is 1. The first-order valence-electron chi connectivity index (χ1n) is 4.56. The maximum absolute atomic E-state index is 11.1. The van der Waals surface area contributed by atoms with Crippen LogP contribution in [0.5, 0.6) is 5.75 Å². The largest absolute Gasteiger partial charge is 0.478 e. The molecule has 0 saturated heterocycles. The van der Waals surface area contributed by atoms with E-state index < -0.39 is 0 Å². The third-order valence-corrected chi connectivity index (χ3v) is 2.25. The smallest absolute Gasteiger partial charge is 0.224 e. The lowest BCUT2D eigenvalue weighted by Gasteiger charge is -2.19. The number of fused-ring (bicyclic) bond motifs is 1. The number of amides is 1. The lowest BCUT2D eigenvalue weighted by molar-refractivity contribution is -0.116. The van der Waals surface area contributed by atoms with Gasteiger partial charge in [0.2, 0.25) is 5.91 Å². The van der Waals surface area contributed by atoms with Crippen LogP contribution >= 0.6 is 0 Å². The molecule has 0 aromatic heterocycles. The quantitative estimate of drug-likeness (QED) is 0.683. The zero-order valence-electron chi connectivity index (χ0n) is 7.75. The Labute approximate surface area is 82.1 Å². The van der Waals surface area contributed by atoms with Gasteiger partial charge in [0.05, 0.1) is 0 Å². The van der Waals surface area contributed by atoms with E-state index >= 15 is 0 Å². The van der Waals surface area contributed by atoms with Gasteiger partial charge in [-0.1, -0.05) is 6.07 Å². The van der Waals surface area contributed by atoms with Gasteiger partial charge >= 0.3 is 0 Å². The summed E-state index contributed by atoms with van der Waals surface area (Å²) in [4.78, 5) is 11.1. The van der Waals surface area contributed by atoms with Gasteiger partial charge < -0.3 is 10.1 Å². The number of hydrogen-bond acceptors (Lipinski definition) is 3. The van der Waals surface area contributed by atoms with Gasteiger partial charge in [-0.15, -0.1) is 0 Å². The minimum Gasteiger partial charge on any atom is -0.478 e. The van der Waals surface area contributed by atoms with Gasteiger partial charge in [-0.05, 0) is 18.6 Å². The van der Waals surface area contributed by atoms with Crippen molar-refractivity contribution >= 4 is 11.6 Å². The van der Waals surface area contributed by atoms with Crippen molar-refractivity contribution < 1.29 is 9.53 Å². The number of carbonyl (C=O) groups excluding carboxylic acids is 1. The second-order valence-corrected chi connectivity index (χ2v) is 3.14. The highest BCUT2D eigenvalue weighted by Gasteiger charge is 2.17. The van der Waals surface area contributed by atoms with Crippen LogP contribution in [0, 0.1) is 0 Å². The second kappa shape index (κ2) is 3.67. The molecule has 1 aliphatic heterocycles. The average Bonchev–Trinajstić information content (AvgIpc) is 2.18. The number of hydrogen-bond donors (Lipinski definition) is 2. The molecule has 4 heteroatoms. The van der Waals surface area contributed by atoms with Crippen molar-refractivity contribution in [1.29, 1.82) is 0 Å². The molecular formula is C10H12N2O2. The van der Waals surface area contributed by atoms with E-state index in [1.165, 1.54) is 0 Å². The van der Waals surface area contributed by atoms with Crippen molar-refractivity contribution in [1.82, 2.24) is 0 Å². The number of anilines is 1. The summed E-state index contributed by atoms with van der Waals surface area (Å²) in [6.07, 6.45) is 1.23. The summed E-state index contributed by atoms with van der Waals surface area (Å²) < 4.78 is 5.27. The molecule has 74 valence electrons. The van der Waals surface area contributed by atoms with E-state index in [2.05, 4.69) is 5.32 Å². The van der Waals surface area contributed by atoms with Crippen LogP contribution in [0.3, 0.4) is 0 Å². The van der Waals surface area contributed by atoms with E-state index in [-0.39, 0.29) is 12.6 Å². The summed E-state index contributed by atoms with van der Waals surface area (Å²) in [5, 5.41) is 2.80. The molecule has 1 heterocycles. The molecule has 0 atom stereocenters. The van der Waals surface area contributed by atoms with Crippen LogP contribution in [0.4, 0.5) is 5.69 Å². The predicted molar refractivity (Wildman–Crippen MR) is 53.1 cm³/mol. The van der Waals surface area contributed by atoms with Crippen LogP contribution in [0.1, 0.15) is 12.0 Å². The van der Waals surface area contributed by atoms with E-state index in [0.29, 0.717) is 6.42 Å². The molecule has 0 fully saturated rings. The minimum atomic E-state index is 0.0578. The molecular weight excluding hydrogens is 180 g/mol. The summed E-state index contributed by atoms with van der Waals surface area (Å²) in [6.45, 7) is 0.157. The molecule has 0 radical (unpaired) electrons. The molecule has 1 amide bonds. The normalized spacial score (nSPS) is 14.5. The lowest BCUT2D eigenvalue weighted by Crippen LogP contribution is -2.20. The average molecular weight is 192 g/mol. The Morgan fingerprint density at radius 2 is 2.29 bits per heavy atom. The van der Waals surface area contributed by atoms with E-state index in [0.717, 1.165) is 23.4 Å². The second-order valence-electron chi connectivity index (χ2n) is 3.14. The molecule has 1 aliphatic rings. The van der Waals surface area contributed by atoms with Crippen molar-refractivity contribution in [2.75, 3.05) is 12.0 Å². The van der Waals surface area contributed by atoms with Gasteiger partial charge in [-0.25, -0.2) is 0 Å². The fourth-order valence-electron chi connectivity index (χ4n) is 1.62. The van der Waals surface area contributed by atoms with Gasteiger partial charge in [0.25, 0.3) is 0 Å². The molecule has 1 aromatic rings. The van der Waals surface area contributed by atoms with Gasteiger partial charge in [-0.3, -0.25) is 10.5 Å². The molecule has 2 rings (SSSR count). The zero-order chi connectivity index (χ0) is 9.97. The van der Waals surface area contributed by atoms with E-state index in [1.54, 1.807) is 0 Å². The molecule has 0 unspecified atom stereocenters. The minimum absolute atomic E-state index is 0.0578. The van der Waals surface area contributed by atoms with Gasteiger partial charge in [0.15, 0.2) is 0 Å². The highest BCUT2D eigenvalue weighted by molar-refractivity contribution is 5.94. The highest BCUT2D eigenvalue weighted by atomic mass is 16.5. The molecule has 0 spiro atoms. The van der Waals surface area contributed by atoms with Crippen molar-refractivity contribution in [2.24, 2.45) is 5.73 Å². The maximum atomic E-state index is 11.1. The predicted octanol–water partition coefficient (Wildman–Crippen LogP) is 0.866. The van der Waals surface area contributed by atoms with E-state index in [4.69, 9.17) is 10.5 Å². The molecule has 14 heavy (non-hydrogen) atoms. The fourth-order valence-corrected chi connectivity index (χ4v) is 1.62.